The molecule has 106 valence electrons. The molecule has 0 radical (unpaired) electrons. The Hall–Kier alpha value is -0.380. The summed E-state index contributed by atoms with van der Waals surface area (Å²) in [6.07, 6.45) is 2.25. The average Bonchev–Trinajstić information content (AvgIpc) is 2.36. The number of hydrogen-bond donors (Lipinski definition) is 1. The van der Waals surface area contributed by atoms with Crippen LogP contribution in [0, 0.1) is 0 Å². The second kappa shape index (κ2) is 6.38. The lowest BCUT2D eigenvalue weighted by Gasteiger charge is -2.24. The van der Waals surface area contributed by atoms with Crippen LogP contribution in [0.25, 0.3) is 0 Å². The molecule has 0 amide bonds. The summed E-state index contributed by atoms with van der Waals surface area (Å²) in [7, 11) is 0. The molecule has 1 fully saturated rings. The summed E-state index contributed by atoms with van der Waals surface area (Å²) in [5.74, 6) is 0. The molecule has 0 atom stereocenters. The number of hydrogen-bond acceptors (Lipinski definition) is 2. The van der Waals surface area contributed by atoms with Crippen LogP contribution in [0.3, 0.4) is 0 Å². The maximum atomic E-state index is 5.39. The van der Waals surface area contributed by atoms with Crippen LogP contribution in [-0.4, -0.2) is 19.3 Å². The lowest BCUT2D eigenvalue weighted by atomic mass is 9.86. The van der Waals surface area contributed by atoms with Crippen LogP contribution in [0.4, 0.5) is 0 Å². The van der Waals surface area contributed by atoms with Gasteiger partial charge in [0.15, 0.2) is 0 Å². The molecule has 0 aliphatic carbocycles. The first-order valence-corrected chi connectivity index (χ1v) is 7.85. The summed E-state index contributed by atoms with van der Waals surface area (Å²) in [6.45, 7) is 9.49. The molecule has 2 nitrogen and oxygen atoms in total. The average molecular weight is 326 g/mol. The lowest BCUT2D eigenvalue weighted by molar-refractivity contribution is 0.0776. The van der Waals surface area contributed by atoms with Crippen molar-refractivity contribution in [3.8, 4) is 0 Å². The zero-order valence-corrected chi connectivity index (χ0v) is 13.7. The summed E-state index contributed by atoms with van der Waals surface area (Å²) in [5, 5.41) is 3.64. The van der Waals surface area contributed by atoms with E-state index in [1.54, 1.807) is 0 Å². The van der Waals surface area contributed by atoms with Gasteiger partial charge in [0.25, 0.3) is 0 Å². The van der Waals surface area contributed by atoms with E-state index in [1.807, 2.05) is 0 Å². The Morgan fingerprint density at radius 2 is 1.89 bits per heavy atom. The van der Waals surface area contributed by atoms with Crippen LogP contribution in [-0.2, 0) is 16.7 Å². The summed E-state index contributed by atoms with van der Waals surface area (Å²) in [6, 6.07) is 7.35. The monoisotopic (exact) mass is 325 g/mol. The third kappa shape index (κ3) is 4.59. The minimum atomic E-state index is 0.192. The van der Waals surface area contributed by atoms with Crippen molar-refractivity contribution in [3.63, 3.8) is 0 Å². The molecule has 1 aromatic rings. The fourth-order valence-electron chi connectivity index (χ4n) is 2.35. The molecule has 1 heterocycles. The molecule has 2 rings (SSSR count). The van der Waals surface area contributed by atoms with Crippen molar-refractivity contribution in [3.05, 3.63) is 33.8 Å². The van der Waals surface area contributed by atoms with E-state index in [-0.39, 0.29) is 5.41 Å². The molecule has 0 unspecified atom stereocenters. The van der Waals surface area contributed by atoms with Gasteiger partial charge in [-0.15, -0.1) is 0 Å². The van der Waals surface area contributed by atoms with Gasteiger partial charge in [0.05, 0.1) is 0 Å². The van der Waals surface area contributed by atoms with Gasteiger partial charge in [-0.2, -0.15) is 0 Å². The predicted molar refractivity (Wildman–Crippen MR) is 83.5 cm³/mol. The standard InChI is InChI=1S/C16H24BrNO/c1-16(2,3)13-8-12(9-14(17)10-13)11-18-15-4-6-19-7-5-15/h8-10,15,18H,4-7,11H2,1-3H3. The highest BCUT2D eigenvalue weighted by Crippen LogP contribution is 2.26. The van der Waals surface area contributed by atoms with Crippen molar-refractivity contribution in [2.75, 3.05) is 13.2 Å². The van der Waals surface area contributed by atoms with Crippen molar-refractivity contribution in [2.45, 2.75) is 51.6 Å². The smallest absolute Gasteiger partial charge is 0.0480 e. The quantitative estimate of drug-likeness (QED) is 0.906. The van der Waals surface area contributed by atoms with Gasteiger partial charge in [-0.3, -0.25) is 0 Å². The van der Waals surface area contributed by atoms with Crippen molar-refractivity contribution in [1.82, 2.24) is 5.32 Å². The third-order valence-electron chi connectivity index (χ3n) is 3.64. The minimum absolute atomic E-state index is 0.192. The molecule has 1 saturated heterocycles. The van der Waals surface area contributed by atoms with Gasteiger partial charge in [-0.05, 0) is 41.5 Å². The highest BCUT2D eigenvalue weighted by atomic mass is 79.9. The van der Waals surface area contributed by atoms with Crippen LogP contribution >= 0.6 is 15.9 Å². The van der Waals surface area contributed by atoms with Crippen molar-refractivity contribution < 1.29 is 4.74 Å². The van der Waals surface area contributed by atoms with Crippen LogP contribution in [0.2, 0.25) is 0 Å². The Labute approximate surface area is 125 Å². The Morgan fingerprint density at radius 3 is 2.53 bits per heavy atom. The molecule has 0 spiro atoms. The first-order chi connectivity index (χ1) is 8.95. The largest absolute Gasteiger partial charge is 0.381 e. The Kier molecular flexibility index (Phi) is 5.04. The topological polar surface area (TPSA) is 21.3 Å². The fourth-order valence-corrected chi connectivity index (χ4v) is 2.89. The van der Waals surface area contributed by atoms with E-state index >= 15 is 0 Å². The van der Waals surface area contributed by atoms with E-state index in [0.717, 1.165) is 32.6 Å². The molecule has 0 bridgehead atoms. The van der Waals surface area contributed by atoms with E-state index in [2.05, 4.69) is 60.2 Å². The van der Waals surface area contributed by atoms with E-state index in [0.29, 0.717) is 6.04 Å². The van der Waals surface area contributed by atoms with Crippen molar-refractivity contribution >= 4 is 15.9 Å². The summed E-state index contributed by atoms with van der Waals surface area (Å²) < 4.78 is 6.56. The lowest BCUT2D eigenvalue weighted by Crippen LogP contribution is -2.34. The normalized spacial score (nSPS) is 17.7. The van der Waals surface area contributed by atoms with Gasteiger partial charge in [0.1, 0.15) is 0 Å². The number of halogens is 1. The van der Waals surface area contributed by atoms with E-state index in [4.69, 9.17) is 4.74 Å². The fraction of sp³-hybridized carbons (Fsp3) is 0.625. The Bertz CT molecular complexity index is 419. The molecule has 0 saturated carbocycles. The summed E-state index contributed by atoms with van der Waals surface area (Å²) >= 11 is 3.62. The molecule has 1 aromatic carbocycles. The SMILES string of the molecule is CC(C)(C)c1cc(Br)cc(CNC2CCOCC2)c1. The second-order valence-corrected chi connectivity index (χ2v) is 7.28. The van der Waals surface area contributed by atoms with Gasteiger partial charge < -0.3 is 10.1 Å². The van der Waals surface area contributed by atoms with Gasteiger partial charge in [-0.1, -0.05) is 42.8 Å². The second-order valence-electron chi connectivity index (χ2n) is 6.37. The van der Waals surface area contributed by atoms with E-state index < -0.39 is 0 Å². The van der Waals surface area contributed by atoms with Crippen molar-refractivity contribution in [2.24, 2.45) is 0 Å². The van der Waals surface area contributed by atoms with Gasteiger partial charge in [0, 0.05) is 30.3 Å². The Balaban J connectivity index is 2.01. The zero-order chi connectivity index (χ0) is 13.9. The number of benzene rings is 1. The van der Waals surface area contributed by atoms with Gasteiger partial charge in [-0.25, -0.2) is 0 Å². The van der Waals surface area contributed by atoms with Crippen LogP contribution in [0.1, 0.15) is 44.7 Å². The summed E-state index contributed by atoms with van der Waals surface area (Å²) in [5.41, 5.74) is 2.92. The third-order valence-corrected chi connectivity index (χ3v) is 4.10. The molecule has 1 aliphatic heterocycles. The van der Waals surface area contributed by atoms with Gasteiger partial charge in [0.2, 0.25) is 0 Å². The molecular weight excluding hydrogens is 302 g/mol. The van der Waals surface area contributed by atoms with Crippen LogP contribution in [0.15, 0.2) is 22.7 Å². The maximum absolute atomic E-state index is 5.39. The highest BCUT2D eigenvalue weighted by Gasteiger charge is 2.16. The molecule has 1 aliphatic rings. The molecule has 19 heavy (non-hydrogen) atoms. The summed E-state index contributed by atoms with van der Waals surface area (Å²) in [4.78, 5) is 0. The zero-order valence-electron chi connectivity index (χ0n) is 12.1. The van der Waals surface area contributed by atoms with E-state index in [1.165, 1.54) is 15.6 Å². The molecular formula is C16H24BrNO. The predicted octanol–water partition coefficient (Wildman–Crippen LogP) is 4.02. The minimum Gasteiger partial charge on any atom is -0.381 e. The Morgan fingerprint density at radius 1 is 1.21 bits per heavy atom. The van der Waals surface area contributed by atoms with Gasteiger partial charge >= 0.3 is 0 Å². The van der Waals surface area contributed by atoms with E-state index in [9.17, 15) is 0 Å². The first kappa shape index (κ1) is 15.0. The number of ether oxygens (including phenoxy) is 1. The van der Waals surface area contributed by atoms with Crippen molar-refractivity contribution in [1.29, 1.82) is 0 Å². The first-order valence-electron chi connectivity index (χ1n) is 7.06. The molecule has 0 aromatic heterocycles. The number of rotatable bonds is 3. The molecule has 3 heteroatoms. The highest BCUT2D eigenvalue weighted by molar-refractivity contribution is 9.10. The maximum Gasteiger partial charge on any atom is 0.0480 e. The molecule has 1 N–H and O–H groups in total. The van der Waals surface area contributed by atoms with Crippen LogP contribution in [0.5, 0.6) is 0 Å². The number of nitrogens with one attached hydrogen (secondary N) is 1. The van der Waals surface area contributed by atoms with Crippen LogP contribution < -0.4 is 5.32 Å².